The van der Waals surface area contributed by atoms with E-state index in [0.29, 0.717) is 37.1 Å². The van der Waals surface area contributed by atoms with Crippen LogP contribution in [-0.2, 0) is 28.9 Å². The first-order valence-electron chi connectivity index (χ1n) is 9.85. The molecule has 0 fully saturated rings. The number of hydrogen-bond donors (Lipinski definition) is 0. The maximum absolute atomic E-state index is 12.2. The number of pyridine rings is 1. The van der Waals surface area contributed by atoms with Crippen LogP contribution >= 0.6 is 0 Å². The molecule has 154 valence electrons. The van der Waals surface area contributed by atoms with Crippen molar-refractivity contribution in [2.24, 2.45) is 5.92 Å². The molecule has 0 amide bonds. The maximum atomic E-state index is 12.2. The summed E-state index contributed by atoms with van der Waals surface area (Å²) >= 11 is 0. The first kappa shape index (κ1) is 20.7. The molecule has 3 aromatic rings. The Morgan fingerprint density at radius 2 is 2.14 bits per heavy atom. The minimum atomic E-state index is -0.248. The van der Waals surface area contributed by atoms with E-state index < -0.39 is 0 Å². The van der Waals surface area contributed by atoms with Crippen LogP contribution in [0.15, 0.2) is 29.0 Å². The van der Waals surface area contributed by atoms with Crippen LogP contribution in [0.1, 0.15) is 43.1 Å². The topological polar surface area (TPSA) is 95.9 Å². The summed E-state index contributed by atoms with van der Waals surface area (Å²) in [6.45, 7) is 9.37. The minimum absolute atomic E-state index is 0.238. The van der Waals surface area contributed by atoms with Gasteiger partial charge >= 0.3 is 5.97 Å². The summed E-state index contributed by atoms with van der Waals surface area (Å²) in [5.74, 6) is 1.27. The number of carbonyl (C=O) groups is 1. The lowest BCUT2D eigenvalue weighted by atomic mass is 10.1. The lowest BCUT2D eigenvalue weighted by Crippen LogP contribution is -2.12. The number of esters is 1. The van der Waals surface area contributed by atoms with Gasteiger partial charge in [-0.25, -0.2) is 0 Å². The van der Waals surface area contributed by atoms with Gasteiger partial charge in [0.15, 0.2) is 0 Å². The molecule has 3 aromatic heterocycles. The van der Waals surface area contributed by atoms with Crippen molar-refractivity contribution in [2.75, 3.05) is 6.61 Å². The predicted octanol–water partition coefficient (Wildman–Crippen LogP) is 3.32. The Morgan fingerprint density at radius 1 is 1.31 bits per heavy atom. The van der Waals surface area contributed by atoms with E-state index in [4.69, 9.17) is 9.26 Å². The van der Waals surface area contributed by atoms with Gasteiger partial charge in [0.05, 0.1) is 18.7 Å². The summed E-state index contributed by atoms with van der Waals surface area (Å²) in [7, 11) is 0. The average molecular weight is 397 g/mol. The SMILES string of the molecule is Cc1nn(CC(C)C)c(C)c1CC(=O)OCCCc1nc(-c2cccnc2)no1. The third kappa shape index (κ3) is 5.49. The van der Waals surface area contributed by atoms with Gasteiger partial charge in [0.2, 0.25) is 11.7 Å². The zero-order valence-electron chi connectivity index (χ0n) is 17.4. The van der Waals surface area contributed by atoms with Crippen molar-refractivity contribution in [3.05, 3.63) is 47.4 Å². The molecular weight excluding hydrogens is 370 g/mol. The number of aryl methyl sites for hydroxylation is 2. The highest BCUT2D eigenvalue weighted by Crippen LogP contribution is 2.16. The lowest BCUT2D eigenvalue weighted by molar-refractivity contribution is -0.142. The van der Waals surface area contributed by atoms with Gasteiger partial charge in [-0.3, -0.25) is 14.5 Å². The highest BCUT2D eigenvalue weighted by molar-refractivity contribution is 5.73. The van der Waals surface area contributed by atoms with E-state index in [-0.39, 0.29) is 12.4 Å². The molecule has 0 bridgehead atoms. The number of carbonyl (C=O) groups excluding carboxylic acids is 1. The fraction of sp³-hybridized carbons (Fsp3) is 0.476. The Morgan fingerprint density at radius 3 is 2.86 bits per heavy atom. The van der Waals surface area contributed by atoms with E-state index in [1.54, 1.807) is 12.4 Å². The maximum Gasteiger partial charge on any atom is 0.310 e. The van der Waals surface area contributed by atoms with Crippen LogP contribution in [-0.4, -0.2) is 37.5 Å². The van der Waals surface area contributed by atoms with E-state index in [9.17, 15) is 4.79 Å². The van der Waals surface area contributed by atoms with Crippen molar-refractivity contribution in [2.45, 2.75) is 53.5 Å². The molecule has 0 aliphatic heterocycles. The second-order valence-corrected chi connectivity index (χ2v) is 7.48. The molecule has 0 atom stereocenters. The van der Waals surface area contributed by atoms with Gasteiger partial charge < -0.3 is 9.26 Å². The van der Waals surface area contributed by atoms with Gasteiger partial charge in [0, 0.05) is 42.2 Å². The normalized spacial score (nSPS) is 11.2. The Hall–Kier alpha value is -3.03. The molecule has 0 saturated carbocycles. The van der Waals surface area contributed by atoms with Crippen LogP contribution in [0, 0.1) is 19.8 Å². The Labute approximate surface area is 170 Å². The largest absolute Gasteiger partial charge is 0.465 e. The molecular formula is C21H27N5O3. The molecule has 0 aliphatic carbocycles. The van der Waals surface area contributed by atoms with Gasteiger partial charge in [-0.1, -0.05) is 19.0 Å². The summed E-state index contributed by atoms with van der Waals surface area (Å²) < 4.78 is 12.6. The molecule has 0 unspecified atom stereocenters. The molecule has 3 rings (SSSR count). The Kier molecular flexibility index (Phi) is 6.74. The summed E-state index contributed by atoms with van der Waals surface area (Å²) in [6.07, 6.45) is 4.78. The third-order valence-corrected chi connectivity index (χ3v) is 4.58. The molecule has 0 spiro atoms. The van der Waals surface area contributed by atoms with Gasteiger partial charge in [0.1, 0.15) is 0 Å². The zero-order valence-corrected chi connectivity index (χ0v) is 17.4. The van der Waals surface area contributed by atoms with Crippen molar-refractivity contribution >= 4 is 5.97 Å². The predicted molar refractivity (Wildman–Crippen MR) is 107 cm³/mol. The van der Waals surface area contributed by atoms with Crippen LogP contribution < -0.4 is 0 Å². The van der Waals surface area contributed by atoms with Gasteiger partial charge in [0.25, 0.3) is 0 Å². The smallest absolute Gasteiger partial charge is 0.310 e. The van der Waals surface area contributed by atoms with E-state index in [0.717, 1.165) is 29.1 Å². The van der Waals surface area contributed by atoms with E-state index in [1.165, 1.54) is 0 Å². The zero-order chi connectivity index (χ0) is 20.8. The van der Waals surface area contributed by atoms with Crippen LogP contribution in [0.3, 0.4) is 0 Å². The lowest BCUT2D eigenvalue weighted by Gasteiger charge is -2.08. The van der Waals surface area contributed by atoms with Crippen molar-refractivity contribution in [3.63, 3.8) is 0 Å². The second-order valence-electron chi connectivity index (χ2n) is 7.48. The number of aromatic nitrogens is 5. The highest BCUT2D eigenvalue weighted by atomic mass is 16.5. The van der Waals surface area contributed by atoms with Gasteiger partial charge in [-0.15, -0.1) is 0 Å². The Balaban J connectivity index is 1.45. The number of ether oxygens (including phenoxy) is 1. The summed E-state index contributed by atoms with van der Waals surface area (Å²) in [5, 5.41) is 8.50. The third-order valence-electron chi connectivity index (χ3n) is 4.58. The monoisotopic (exact) mass is 397 g/mol. The van der Waals surface area contributed by atoms with Crippen molar-refractivity contribution in [1.29, 1.82) is 0 Å². The molecule has 0 aliphatic rings. The molecule has 8 heteroatoms. The second kappa shape index (κ2) is 9.45. The van der Waals surface area contributed by atoms with Crippen molar-refractivity contribution < 1.29 is 14.1 Å². The fourth-order valence-corrected chi connectivity index (χ4v) is 3.09. The standard InChI is InChI=1S/C21H27N5O3/c1-14(2)13-26-16(4)18(15(3)24-26)11-20(27)28-10-6-8-19-23-21(25-29-19)17-7-5-9-22-12-17/h5,7,9,12,14H,6,8,10-11,13H2,1-4H3. The van der Waals surface area contributed by atoms with E-state index in [1.807, 2.05) is 30.7 Å². The molecule has 0 N–H and O–H groups in total. The first-order chi connectivity index (χ1) is 13.9. The highest BCUT2D eigenvalue weighted by Gasteiger charge is 2.16. The molecule has 0 radical (unpaired) electrons. The average Bonchev–Trinajstić information content (AvgIpc) is 3.26. The summed E-state index contributed by atoms with van der Waals surface area (Å²) in [5.41, 5.74) is 3.67. The number of hydrogen-bond acceptors (Lipinski definition) is 7. The summed E-state index contributed by atoms with van der Waals surface area (Å²) in [4.78, 5) is 20.6. The van der Waals surface area contributed by atoms with Crippen molar-refractivity contribution in [3.8, 4) is 11.4 Å². The van der Waals surface area contributed by atoms with E-state index >= 15 is 0 Å². The molecule has 3 heterocycles. The quantitative estimate of drug-likeness (QED) is 0.404. The van der Waals surface area contributed by atoms with E-state index in [2.05, 4.69) is 34.1 Å². The molecule has 0 aromatic carbocycles. The van der Waals surface area contributed by atoms with Crippen LogP contribution in [0.2, 0.25) is 0 Å². The molecule has 8 nitrogen and oxygen atoms in total. The van der Waals surface area contributed by atoms with Gasteiger partial charge in [-0.05, 0) is 38.3 Å². The molecule has 29 heavy (non-hydrogen) atoms. The number of nitrogens with zero attached hydrogens (tertiary/aromatic N) is 5. The van der Waals surface area contributed by atoms with Crippen LogP contribution in [0.4, 0.5) is 0 Å². The fourth-order valence-electron chi connectivity index (χ4n) is 3.09. The first-order valence-corrected chi connectivity index (χ1v) is 9.85. The molecule has 0 saturated heterocycles. The summed E-state index contributed by atoms with van der Waals surface area (Å²) in [6, 6.07) is 3.69. The number of rotatable bonds is 9. The van der Waals surface area contributed by atoms with Gasteiger partial charge in [-0.2, -0.15) is 10.1 Å². The van der Waals surface area contributed by atoms with Crippen LogP contribution in [0.5, 0.6) is 0 Å². The minimum Gasteiger partial charge on any atom is -0.465 e. The van der Waals surface area contributed by atoms with Crippen molar-refractivity contribution in [1.82, 2.24) is 24.9 Å². The Bertz CT molecular complexity index is 947. The van der Waals surface area contributed by atoms with Crippen LogP contribution in [0.25, 0.3) is 11.4 Å².